The second kappa shape index (κ2) is 39.7. The normalized spacial score (nSPS) is 15.2. The quantitative estimate of drug-likeness (QED) is 0.0132. The van der Waals surface area contributed by atoms with Gasteiger partial charge in [-0.05, 0) is 121 Å². The fourth-order valence-electron chi connectivity index (χ4n) is 11.4. The highest BCUT2D eigenvalue weighted by atomic mass is 35.5. The molecular formula is C70H92ClN17O14. The average molecular weight is 1430 g/mol. The summed E-state index contributed by atoms with van der Waals surface area (Å²) in [4.78, 5) is 176. The van der Waals surface area contributed by atoms with Crippen LogP contribution in [0.1, 0.15) is 94.9 Å². The number of nitrogens with two attached hydrogens (primary N) is 4. The van der Waals surface area contributed by atoms with Gasteiger partial charge in [-0.3, -0.25) is 62.7 Å². The molecule has 548 valence electrons. The molecule has 1 aromatic heterocycles. The summed E-state index contributed by atoms with van der Waals surface area (Å²) >= 11 is 6.23. The third-order valence-electron chi connectivity index (χ3n) is 16.7. The van der Waals surface area contributed by atoms with E-state index in [-0.39, 0.29) is 101 Å². The maximum absolute atomic E-state index is 14.9. The molecule has 0 saturated carbocycles. The van der Waals surface area contributed by atoms with Crippen LogP contribution in [0.5, 0.6) is 5.75 Å². The van der Waals surface area contributed by atoms with E-state index in [4.69, 9.17) is 34.5 Å². The Balaban J connectivity index is 1.26. The van der Waals surface area contributed by atoms with Crippen molar-refractivity contribution in [1.82, 2.24) is 63.1 Å². The number of carbonyl (C=O) groups is 12. The Morgan fingerprint density at radius 1 is 0.569 bits per heavy atom. The fraction of sp³-hybridized carbons (Fsp3) is 0.429. The number of urea groups is 1. The van der Waals surface area contributed by atoms with Crippen LogP contribution in [0.2, 0.25) is 5.02 Å². The van der Waals surface area contributed by atoms with Gasteiger partial charge in [0.05, 0.1) is 6.61 Å². The van der Waals surface area contributed by atoms with E-state index in [1.165, 1.54) is 55.4 Å². The zero-order chi connectivity index (χ0) is 74.6. The Hall–Kier alpha value is -10.9. The number of aliphatic hydroxyl groups excluding tert-OH is 1. The third-order valence-corrected chi connectivity index (χ3v) is 16.9. The highest BCUT2D eigenvalue weighted by molar-refractivity contribution is 6.30. The molecule has 13 amide bonds. The van der Waals surface area contributed by atoms with Crippen LogP contribution in [-0.4, -0.2) is 184 Å². The number of aliphatic hydroxyl groups is 1. The number of primary amides is 2. The van der Waals surface area contributed by atoms with Crippen molar-refractivity contribution in [3.63, 3.8) is 0 Å². The number of carbonyl (C=O) groups excluding carboxylic acids is 12. The second-order valence-electron chi connectivity index (χ2n) is 25.4. The molecule has 1 unspecified atom stereocenters. The molecular weight excluding hydrogens is 1340 g/mol. The number of guanidine groups is 1. The van der Waals surface area contributed by atoms with Gasteiger partial charge in [0.25, 0.3) is 0 Å². The zero-order valence-corrected chi connectivity index (χ0v) is 58.0. The van der Waals surface area contributed by atoms with Gasteiger partial charge in [0, 0.05) is 69.7 Å². The molecule has 1 aliphatic heterocycles. The molecule has 1 aliphatic rings. The molecule has 0 spiro atoms. The van der Waals surface area contributed by atoms with Gasteiger partial charge in [-0.15, -0.1) is 0 Å². The van der Waals surface area contributed by atoms with Crippen LogP contribution >= 0.6 is 11.6 Å². The van der Waals surface area contributed by atoms with Gasteiger partial charge in [0.15, 0.2) is 5.96 Å². The number of amides is 13. The Morgan fingerprint density at radius 2 is 1.07 bits per heavy atom. The predicted molar refractivity (Wildman–Crippen MR) is 378 cm³/mol. The maximum Gasteiger partial charge on any atom is 0.312 e. The number of likely N-dealkylation sites (tertiary alicyclic amines) is 1. The Morgan fingerprint density at radius 3 is 1.63 bits per heavy atom. The van der Waals surface area contributed by atoms with Crippen LogP contribution in [0, 0.1) is 5.92 Å². The number of phenolic OH excluding ortho intramolecular Hbond substituents is 1. The monoisotopic (exact) mass is 1430 g/mol. The molecule has 31 nitrogen and oxygen atoms in total. The lowest BCUT2D eigenvalue weighted by molar-refractivity contribution is -0.142. The minimum Gasteiger partial charge on any atom is -0.508 e. The first-order chi connectivity index (χ1) is 48.6. The van der Waals surface area contributed by atoms with Crippen LogP contribution in [0.25, 0.3) is 10.8 Å². The molecule has 10 atom stereocenters. The summed E-state index contributed by atoms with van der Waals surface area (Å²) in [5.41, 5.74) is 23.9. The fourth-order valence-corrected chi connectivity index (χ4v) is 11.5. The molecule has 0 radical (unpaired) electrons. The topological polar surface area (TPSA) is 498 Å². The average Bonchev–Trinajstić information content (AvgIpc) is 1.13. The summed E-state index contributed by atoms with van der Waals surface area (Å²) in [5, 5.41) is 49.5. The summed E-state index contributed by atoms with van der Waals surface area (Å²) in [7, 11) is 0. The lowest BCUT2D eigenvalue weighted by Crippen LogP contribution is -2.61. The van der Waals surface area contributed by atoms with Crippen molar-refractivity contribution in [3.8, 4) is 5.75 Å². The molecule has 4 aromatic carbocycles. The van der Waals surface area contributed by atoms with E-state index in [9.17, 15) is 67.7 Å². The molecule has 1 fully saturated rings. The van der Waals surface area contributed by atoms with Gasteiger partial charge in [-0.25, -0.2) is 4.79 Å². The zero-order valence-electron chi connectivity index (χ0n) is 57.2. The van der Waals surface area contributed by atoms with Crippen molar-refractivity contribution >= 4 is 99.3 Å². The van der Waals surface area contributed by atoms with E-state index in [0.29, 0.717) is 33.7 Å². The number of aromatic hydroxyl groups is 1. The van der Waals surface area contributed by atoms with Crippen molar-refractivity contribution in [1.29, 1.82) is 0 Å². The van der Waals surface area contributed by atoms with Gasteiger partial charge in [-0.2, -0.15) is 0 Å². The lowest BCUT2D eigenvalue weighted by atomic mass is 9.99. The molecule has 6 rings (SSSR count). The number of rotatable bonds is 38. The number of aliphatic imine (C=N–C) groups is 1. The van der Waals surface area contributed by atoms with E-state index in [1.807, 2.05) is 42.5 Å². The number of halogens is 1. The van der Waals surface area contributed by atoms with Crippen LogP contribution < -0.4 is 76.1 Å². The molecule has 0 bridgehead atoms. The van der Waals surface area contributed by atoms with Crippen molar-refractivity contribution < 1.29 is 67.7 Å². The number of benzene rings is 4. The van der Waals surface area contributed by atoms with E-state index in [2.05, 4.69) is 63.1 Å². The number of aromatic nitrogens is 1. The summed E-state index contributed by atoms with van der Waals surface area (Å²) in [6.45, 7) is 5.15. The molecule has 20 N–H and O–H groups in total. The Labute approximate surface area is 595 Å². The van der Waals surface area contributed by atoms with Gasteiger partial charge >= 0.3 is 6.03 Å². The first kappa shape index (κ1) is 80.0. The SMILES string of the molecule is CC(=O)N[C@H](Cc1ccc2ccccc2c1)C(=O)N[C@@H](Cc1ccc(Cl)cc1)C(=O)N[C@H](Cc1cccnc1)C(=O)N[C@H](CO)C(=O)N[C@H](Cc1ccc(O)cc1)C(=O)N[C@H](CCCNC(N)=O)C(=O)N[C@@H](CC(C)C)C(=O)N[C@@H](CCCN=C(N)N)C(=O)N1CCCC1C(=O)N[C@H](C)C(N)=O. The molecule has 1 saturated heterocycles. The van der Waals surface area contributed by atoms with Crippen LogP contribution in [0.3, 0.4) is 0 Å². The first-order valence-electron chi connectivity index (χ1n) is 33.5. The smallest absolute Gasteiger partial charge is 0.312 e. The first-order valence-corrected chi connectivity index (χ1v) is 33.8. The van der Waals surface area contributed by atoms with Crippen LogP contribution in [-0.2, 0) is 78.4 Å². The van der Waals surface area contributed by atoms with Crippen molar-refractivity contribution in [2.75, 3.05) is 26.2 Å². The number of hydrogen-bond donors (Lipinski definition) is 16. The lowest BCUT2D eigenvalue weighted by Gasteiger charge is -2.31. The van der Waals surface area contributed by atoms with Crippen molar-refractivity contribution in [2.45, 2.75) is 159 Å². The number of nitrogens with zero attached hydrogens (tertiary/aromatic N) is 3. The summed E-state index contributed by atoms with van der Waals surface area (Å²) < 4.78 is 0. The molecule has 2 heterocycles. The van der Waals surface area contributed by atoms with E-state index < -0.39 is 138 Å². The van der Waals surface area contributed by atoms with Crippen LogP contribution in [0.4, 0.5) is 4.79 Å². The molecule has 32 heteroatoms. The number of pyridine rings is 1. The van der Waals surface area contributed by atoms with Crippen molar-refractivity contribution in [3.05, 3.63) is 143 Å². The summed E-state index contributed by atoms with van der Waals surface area (Å²) in [6, 6.07) is 13.5. The minimum absolute atomic E-state index is 0.000209. The largest absolute Gasteiger partial charge is 0.508 e. The van der Waals surface area contributed by atoms with E-state index in [0.717, 1.165) is 10.8 Å². The second-order valence-corrected chi connectivity index (χ2v) is 25.8. The molecule has 5 aromatic rings. The van der Waals surface area contributed by atoms with Gasteiger partial charge in [-0.1, -0.05) is 98.2 Å². The number of nitrogens with one attached hydrogen (secondary N) is 10. The van der Waals surface area contributed by atoms with Crippen molar-refractivity contribution in [2.24, 2.45) is 33.8 Å². The third kappa shape index (κ3) is 26.0. The summed E-state index contributed by atoms with van der Waals surface area (Å²) in [6.07, 6.45) is 2.70. The van der Waals surface area contributed by atoms with Gasteiger partial charge in [0.1, 0.15) is 66.2 Å². The summed E-state index contributed by atoms with van der Waals surface area (Å²) in [5.74, 6) is -9.82. The van der Waals surface area contributed by atoms with E-state index in [1.54, 1.807) is 50.2 Å². The highest BCUT2D eigenvalue weighted by Crippen LogP contribution is 2.22. The maximum atomic E-state index is 14.9. The number of phenols is 1. The number of fused-ring (bicyclic) bond motifs is 1. The molecule has 102 heavy (non-hydrogen) atoms. The highest BCUT2D eigenvalue weighted by Gasteiger charge is 2.40. The molecule has 0 aliphatic carbocycles. The van der Waals surface area contributed by atoms with Crippen LogP contribution in [0.15, 0.2) is 121 Å². The predicted octanol–water partition coefficient (Wildman–Crippen LogP) is -0.716. The number of hydrogen-bond acceptors (Lipinski definition) is 16. The Bertz CT molecular complexity index is 3770. The van der Waals surface area contributed by atoms with Gasteiger partial charge < -0.3 is 91.2 Å². The Kier molecular flexibility index (Phi) is 31.2. The van der Waals surface area contributed by atoms with Gasteiger partial charge in [0.2, 0.25) is 65.0 Å². The van der Waals surface area contributed by atoms with E-state index >= 15 is 0 Å². The minimum atomic E-state index is -1.85. The standard InChI is InChI=1S/C70H92ClN17O14/c1-39(2)31-52(61(94)82-51(15-9-28-77-69(73)74)68(101)88-30-10-16-58(88)67(100)79-40(3)59(72)92)83-60(93)50(14-8-29-78-70(75)102)81-63(96)54(34-43-20-25-49(91)26-21-43)86-66(99)57(38-89)87-65(98)56(36-45-11-7-27-76-37-45)85-64(97)55(33-42-18-23-48(71)24-19-42)84-62(95)53(80-41(4)90)35-44-17-22-46-12-5-6-13-47(46)32-44/h5-7,11-13,17-27,32,37,39-40,50-58,89,91H,8-10,14-16,28-31,33-36,38H2,1-4H3,(H2,72,92)(H,79,100)(H,80,90)(H,81,96)(H,82,94)(H,83,93)(H,84,95)(H,85,97)(H,86,99)(H,87,98)(H4,73,74,77)(H3,75,78,102)/t40-,50-,51+,52+,53-,54-,55+,56-,57-,58?/m1/s1.